The Bertz CT molecular complexity index is 723. The van der Waals surface area contributed by atoms with E-state index < -0.39 is 17.0 Å². The lowest BCUT2D eigenvalue weighted by atomic mass is 9.85. The van der Waals surface area contributed by atoms with Crippen molar-refractivity contribution in [1.82, 2.24) is 10.2 Å². The molecular weight excluding hydrogens is 378 g/mol. The third-order valence-corrected chi connectivity index (χ3v) is 4.75. The van der Waals surface area contributed by atoms with Crippen molar-refractivity contribution in [2.75, 3.05) is 13.1 Å². The van der Waals surface area contributed by atoms with Crippen LogP contribution in [-0.2, 0) is 9.59 Å². The van der Waals surface area contributed by atoms with E-state index in [-0.39, 0.29) is 41.0 Å². The van der Waals surface area contributed by atoms with Crippen molar-refractivity contribution < 1.29 is 24.4 Å². The van der Waals surface area contributed by atoms with Gasteiger partial charge in [-0.1, -0.05) is 18.5 Å². The van der Waals surface area contributed by atoms with E-state index >= 15 is 0 Å². The number of nitro groups is 1. The molecule has 0 aliphatic heterocycles. The summed E-state index contributed by atoms with van der Waals surface area (Å²) in [7, 11) is 0. The van der Waals surface area contributed by atoms with Crippen molar-refractivity contribution in [3.63, 3.8) is 0 Å². The number of carboxylic acid groups (broad SMARTS) is 1. The Balaban J connectivity index is 1.87. The summed E-state index contributed by atoms with van der Waals surface area (Å²) >= 11 is 5.76. The average Bonchev–Trinajstić information content (AvgIpc) is 2.56. The fourth-order valence-electron chi connectivity index (χ4n) is 2.97. The van der Waals surface area contributed by atoms with Crippen LogP contribution in [0.15, 0.2) is 18.2 Å². The van der Waals surface area contributed by atoms with Crippen molar-refractivity contribution in [3.05, 3.63) is 33.3 Å². The number of aliphatic carboxylic acids is 1. The third kappa shape index (κ3) is 5.54. The number of nitrogens with zero attached hydrogens (tertiary/aromatic N) is 2. The Hall–Kier alpha value is -2.39. The van der Waals surface area contributed by atoms with Gasteiger partial charge in [0.15, 0.2) is 11.9 Å². The molecule has 1 fully saturated rings. The van der Waals surface area contributed by atoms with Gasteiger partial charge >= 0.3 is 11.7 Å². The Morgan fingerprint density at radius 2 is 2.15 bits per heavy atom. The van der Waals surface area contributed by atoms with Crippen molar-refractivity contribution in [1.29, 1.82) is 0 Å². The number of halogens is 1. The van der Waals surface area contributed by atoms with E-state index in [2.05, 4.69) is 5.32 Å². The van der Waals surface area contributed by atoms with E-state index in [1.165, 1.54) is 25.1 Å². The molecular formula is C17H22ClN3O6. The van der Waals surface area contributed by atoms with Gasteiger partial charge in [0.25, 0.3) is 5.91 Å². The number of ether oxygens (including phenoxy) is 1. The molecule has 10 heteroatoms. The molecule has 1 aromatic carbocycles. The summed E-state index contributed by atoms with van der Waals surface area (Å²) in [5.41, 5.74) is -0.307. The fraction of sp³-hybridized carbons (Fsp3) is 0.529. The van der Waals surface area contributed by atoms with Gasteiger partial charge in [-0.15, -0.1) is 0 Å². The van der Waals surface area contributed by atoms with Crippen molar-refractivity contribution >= 4 is 29.2 Å². The molecule has 0 heterocycles. The highest BCUT2D eigenvalue weighted by Gasteiger charge is 2.35. The van der Waals surface area contributed by atoms with Crippen LogP contribution in [0.25, 0.3) is 0 Å². The smallest absolute Gasteiger partial charge is 0.317 e. The van der Waals surface area contributed by atoms with Crippen LogP contribution in [0.4, 0.5) is 5.69 Å². The molecule has 0 bridgehead atoms. The lowest BCUT2D eigenvalue weighted by Crippen LogP contribution is -2.56. The van der Waals surface area contributed by atoms with Crippen molar-refractivity contribution in [2.24, 2.45) is 0 Å². The summed E-state index contributed by atoms with van der Waals surface area (Å²) in [6.07, 6.45) is 0.381. The first kappa shape index (κ1) is 20.9. The van der Waals surface area contributed by atoms with Crippen LogP contribution < -0.4 is 10.1 Å². The molecule has 1 amide bonds. The van der Waals surface area contributed by atoms with Gasteiger partial charge in [-0.05, 0) is 38.4 Å². The molecule has 1 saturated carbocycles. The number of benzene rings is 1. The van der Waals surface area contributed by atoms with Crippen molar-refractivity contribution in [2.45, 2.75) is 44.9 Å². The molecule has 1 aliphatic rings. The zero-order valence-corrected chi connectivity index (χ0v) is 15.8. The van der Waals surface area contributed by atoms with Gasteiger partial charge in [0.2, 0.25) is 0 Å². The highest BCUT2D eigenvalue weighted by atomic mass is 35.5. The largest absolute Gasteiger partial charge is 0.480 e. The van der Waals surface area contributed by atoms with Crippen LogP contribution in [-0.4, -0.2) is 58.1 Å². The minimum Gasteiger partial charge on any atom is -0.480 e. The van der Waals surface area contributed by atoms with E-state index in [9.17, 15) is 19.7 Å². The number of nitrogens with one attached hydrogen (secondary N) is 1. The summed E-state index contributed by atoms with van der Waals surface area (Å²) in [4.78, 5) is 35.4. The fourth-order valence-corrected chi connectivity index (χ4v) is 3.14. The van der Waals surface area contributed by atoms with Gasteiger partial charge in [-0.25, -0.2) is 0 Å². The molecule has 0 spiro atoms. The number of hydrogen-bond acceptors (Lipinski definition) is 6. The molecule has 27 heavy (non-hydrogen) atoms. The zero-order chi connectivity index (χ0) is 20.1. The second-order valence-corrected chi connectivity index (χ2v) is 6.85. The second-order valence-electron chi connectivity index (χ2n) is 6.42. The number of carbonyl (C=O) groups is 2. The van der Waals surface area contributed by atoms with Crippen LogP contribution in [0.5, 0.6) is 5.75 Å². The molecule has 1 aromatic rings. The molecule has 1 aliphatic carbocycles. The summed E-state index contributed by atoms with van der Waals surface area (Å²) in [6.45, 7) is 4.00. The molecule has 0 saturated heterocycles. The van der Waals surface area contributed by atoms with E-state index in [0.717, 1.165) is 0 Å². The van der Waals surface area contributed by atoms with Crippen LogP contribution in [0.2, 0.25) is 5.02 Å². The van der Waals surface area contributed by atoms with Crippen LogP contribution in [0.1, 0.15) is 26.7 Å². The maximum Gasteiger partial charge on any atom is 0.317 e. The molecule has 2 rings (SSSR count). The van der Waals surface area contributed by atoms with E-state index in [0.29, 0.717) is 19.4 Å². The molecule has 148 valence electrons. The second kappa shape index (κ2) is 9.01. The minimum atomic E-state index is -0.926. The molecule has 1 atom stereocenters. The summed E-state index contributed by atoms with van der Waals surface area (Å²) in [6, 6.07) is 4.02. The Kier molecular flexibility index (Phi) is 6.98. The lowest BCUT2D eigenvalue weighted by Gasteiger charge is -2.42. The van der Waals surface area contributed by atoms with Crippen molar-refractivity contribution in [3.8, 4) is 5.75 Å². The zero-order valence-electron chi connectivity index (χ0n) is 15.1. The Morgan fingerprint density at radius 3 is 2.70 bits per heavy atom. The van der Waals surface area contributed by atoms with Gasteiger partial charge in [0, 0.05) is 23.2 Å². The first-order valence-corrected chi connectivity index (χ1v) is 8.95. The molecule has 0 aromatic heterocycles. The number of carbonyl (C=O) groups excluding carboxylic acids is 1. The lowest BCUT2D eigenvalue weighted by molar-refractivity contribution is -0.386. The number of carboxylic acids is 1. The normalized spacial score (nSPS) is 19.9. The maximum absolute atomic E-state index is 12.3. The Labute approximate surface area is 161 Å². The highest BCUT2D eigenvalue weighted by Crippen LogP contribution is 2.31. The first-order valence-electron chi connectivity index (χ1n) is 8.58. The van der Waals surface area contributed by atoms with Gasteiger partial charge in [-0.3, -0.25) is 24.6 Å². The number of amides is 1. The maximum atomic E-state index is 12.3. The predicted octanol–water partition coefficient (Wildman–Crippen LogP) is 2.07. The monoisotopic (exact) mass is 399 g/mol. The molecule has 2 N–H and O–H groups in total. The number of hydrogen-bond donors (Lipinski definition) is 2. The topological polar surface area (TPSA) is 122 Å². The highest BCUT2D eigenvalue weighted by molar-refractivity contribution is 6.30. The summed E-state index contributed by atoms with van der Waals surface area (Å²) in [5.74, 6) is -1.29. The molecule has 1 unspecified atom stereocenters. The number of nitro benzene ring substituents is 1. The third-order valence-electron chi connectivity index (χ3n) is 4.51. The van der Waals surface area contributed by atoms with Crippen LogP contribution in [0, 0.1) is 10.1 Å². The van der Waals surface area contributed by atoms with E-state index in [4.69, 9.17) is 21.4 Å². The molecule has 9 nitrogen and oxygen atoms in total. The summed E-state index contributed by atoms with van der Waals surface area (Å²) in [5, 5.41) is 23.0. The predicted molar refractivity (Wildman–Crippen MR) is 98.0 cm³/mol. The van der Waals surface area contributed by atoms with Gasteiger partial charge in [0.05, 0.1) is 11.5 Å². The first-order chi connectivity index (χ1) is 12.7. The van der Waals surface area contributed by atoms with Gasteiger partial charge in [-0.2, -0.15) is 0 Å². The van der Waals surface area contributed by atoms with E-state index in [1.54, 1.807) is 0 Å². The summed E-state index contributed by atoms with van der Waals surface area (Å²) < 4.78 is 5.44. The minimum absolute atomic E-state index is 0.0262. The number of rotatable bonds is 9. The standard InChI is InChI=1S/C17H22ClN3O6/c1-3-20(9-16(22)23)13-7-12(8-13)19-17(24)10(2)27-15-5-4-11(18)6-14(15)21(25)26/h4-6,10,12-13H,3,7-9H2,1-2H3,(H,19,24)(H,22,23). The quantitative estimate of drug-likeness (QED) is 0.481. The van der Waals surface area contributed by atoms with Gasteiger partial charge in [0.1, 0.15) is 0 Å². The van der Waals surface area contributed by atoms with E-state index in [1.807, 2.05) is 11.8 Å². The Morgan fingerprint density at radius 1 is 1.48 bits per heavy atom. The molecule has 0 radical (unpaired) electrons. The number of likely N-dealkylation sites (N-methyl/N-ethyl adjacent to an activating group) is 1. The SMILES string of the molecule is CCN(CC(=O)O)C1CC(NC(=O)C(C)Oc2ccc(Cl)cc2[N+](=O)[O-])C1. The average molecular weight is 400 g/mol. The van der Waals surface area contributed by atoms with Crippen LogP contribution >= 0.6 is 11.6 Å². The van der Waals surface area contributed by atoms with Gasteiger partial charge < -0.3 is 15.2 Å². The van der Waals surface area contributed by atoms with Crippen LogP contribution in [0.3, 0.4) is 0 Å².